The van der Waals surface area contributed by atoms with E-state index < -0.39 is 10.0 Å². The van der Waals surface area contributed by atoms with Crippen LogP contribution in [0.15, 0.2) is 47.4 Å². The molecular weight excluding hydrogens is 344 g/mol. The van der Waals surface area contributed by atoms with Gasteiger partial charge in [-0.25, -0.2) is 8.42 Å². The number of thioether (sulfide) groups is 1. The molecule has 24 heavy (non-hydrogen) atoms. The Morgan fingerprint density at radius 1 is 1.12 bits per heavy atom. The molecular formula is C17H18N2O3S2. The van der Waals surface area contributed by atoms with E-state index in [1.807, 2.05) is 26.0 Å². The fraction of sp³-hybridized carbons (Fsp3) is 0.235. The second-order valence-corrected chi connectivity index (χ2v) is 8.59. The van der Waals surface area contributed by atoms with Gasteiger partial charge in [0, 0.05) is 5.69 Å². The zero-order valence-corrected chi connectivity index (χ0v) is 15.0. The van der Waals surface area contributed by atoms with Crippen LogP contribution < -0.4 is 10.0 Å². The number of hydrogen-bond acceptors (Lipinski definition) is 4. The van der Waals surface area contributed by atoms with E-state index in [1.165, 1.54) is 11.8 Å². The molecule has 7 heteroatoms. The third-order valence-electron chi connectivity index (χ3n) is 3.62. The van der Waals surface area contributed by atoms with Crippen LogP contribution in [0.4, 0.5) is 5.69 Å². The van der Waals surface area contributed by atoms with Gasteiger partial charge in [-0.2, -0.15) is 0 Å². The Kier molecular flexibility index (Phi) is 4.56. The monoisotopic (exact) mass is 362 g/mol. The molecule has 126 valence electrons. The number of sulfonamides is 1. The maximum absolute atomic E-state index is 12.6. The van der Waals surface area contributed by atoms with Gasteiger partial charge in [0.2, 0.25) is 5.91 Å². The van der Waals surface area contributed by atoms with E-state index >= 15 is 0 Å². The third kappa shape index (κ3) is 3.73. The van der Waals surface area contributed by atoms with Crippen molar-refractivity contribution >= 4 is 33.4 Å². The van der Waals surface area contributed by atoms with Crippen LogP contribution in [0.25, 0.3) is 0 Å². The van der Waals surface area contributed by atoms with Crippen molar-refractivity contribution in [2.45, 2.75) is 24.1 Å². The Morgan fingerprint density at radius 2 is 1.83 bits per heavy atom. The van der Waals surface area contributed by atoms with E-state index in [4.69, 9.17) is 0 Å². The molecule has 0 aliphatic carbocycles. The third-order valence-corrected chi connectivity index (χ3v) is 6.13. The lowest BCUT2D eigenvalue weighted by Gasteiger charge is -2.13. The van der Waals surface area contributed by atoms with Crippen molar-refractivity contribution in [2.75, 3.05) is 10.5 Å². The number of carbonyl (C=O) groups is 1. The van der Waals surface area contributed by atoms with Crippen molar-refractivity contribution in [1.82, 2.24) is 5.32 Å². The summed E-state index contributed by atoms with van der Waals surface area (Å²) >= 11 is 1.49. The highest BCUT2D eigenvalue weighted by atomic mass is 32.2. The molecule has 0 aromatic heterocycles. The standard InChI is InChI=1S/C17H18N2O3S2/c1-11-6-12(2)8-15(7-11)24(21,22)19-14-5-3-4-13(9-14)17-18-16(20)10-23-17/h3-9,17,19H,10H2,1-2H3,(H,18,20)/t17-/m1/s1. The van der Waals surface area contributed by atoms with Crippen molar-refractivity contribution in [3.63, 3.8) is 0 Å². The molecule has 3 rings (SSSR count). The molecule has 1 fully saturated rings. The molecule has 1 saturated heterocycles. The molecule has 0 saturated carbocycles. The molecule has 2 aromatic rings. The number of carbonyl (C=O) groups excluding carboxylic acids is 1. The highest BCUT2D eigenvalue weighted by molar-refractivity contribution is 8.00. The fourth-order valence-corrected chi connectivity index (χ4v) is 4.83. The number of rotatable bonds is 4. The topological polar surface area (TPSA) is 75.3 Å². The van der Waals surface area contributed by atoms with Crippen LogP contribution in [0, 0.1) is 13.8 Å². The van der Waals surface area contributed by atoms with E-state index in [1.54, 1.807) is 30.3 Å². The number of aryl methyl sites for hydroxylation is 2. The zero-order valence-electron chi connectivity index (χ0n) is 13.4. The predicted molar refractivity (Wildman–Crippen MR) is 96.5 cm³/mol. The first-order valence-electron chi connectivity index (χ1n) is 7.45. The minimum atomic E-state index is -3.65. The molecule has 0 unspecified atom stereocenters. The van der Waals surface area contributed by atoms with Gasteiger partial charge in [-0.3, -0.25) is 9.52 Å². The molecule has 5 nitrogen and oxygen atoms in total. The summed E-state index contributed by atoms with van der Waals surface area (Å²) in [6, 6.07) is 12.3. The summed E-state index contributed by atoms with van der Waals surface area (Å²) in [5.41, 5.74) is 3.14. The van der Waals surface area contributed by atoms with Gasteiger partial charge in [0.15, 0.2) is 0 Å². The number of benzene rings is 2. The van der Waals surface area contributed by atoms with Crippen molar-refractivity contribution in [2.24, 2.45) is 0 Å². The Hall–Kier alpha value is -1.99. The Balaban J connectivity index is 1.86. The predicted octanol–water partition coefficient (Wildman–Crippen LogP) is 2.97. The smallest absolute Gasteiger partial charge is 0.261 e. The van der Waals surface area contributed by atoms with Crippen LogP contribution in [-0.2, 0) is 14.8 Å². The maximum Gasteiger partial charge on any atom is 0.261 e. The van der Waals surface area contributed by atoms with Crippen LogP contribution in [0.1, 0.15) is 22.1 Å². The summed E-state index contributed by atoms with van der Waals surface area (Å²) in [6.07, 6.45) is 0. The molecule has 1 amide bonds. The Bertz CT molecular complexity index is 874. The highest BCUT2D eigenvalue weighted by Gasteiger charge is 2.23. The Labute approximate surface area is 145 Å². The normalized spacial score (nSPS) is 17.6. The maximum atomic E-state index is 12.6. The molecule has 0 bridgehead atoms. The quantitative estimate of drug-likeness (QED) is 0.877. The van der Waals surface area contributed by atoms with Gasteiger partial charge < -0.3 is 5.32 Å². The first-order chi connectivity index (χ1) is 11.3. The van der Waals surface area contributed by atoms with E-state index in [0.29, 0.717) is 11.4 Å². The molecule has 0 radical (unpaired) electrons. The molecule has 2 aromatic carbocycles. The minimum absolute atomic E-state index is 0.00813. The van der Waals surface area contributed by atoms with Crippen molar-refractivity contribution in [3.8, 4) is 0 Å². The van der Waals surface area contributed by atoms with Crippen LogP contribution >= 0.6 is 11.8 Å². The highest BCUT2D eigenvalue weighted by Crippen LogP contribution is 2.32. The number of anilines is 1. The zero-order chi connectivity index (χ0) is 17.3. The summed E-state index contributed by atoms with van der Waals surface area (Å²) in [4.78, 5) is 11.6. The summed E-state index contributed by atoms with van der Waals surface area (Å²) < 4.78 is 27.8. The first kappa shape index (κ1) is 16.9. The van der Waals surface area contributed by atoms with Gasteiger partial charge in [-0.15, -0.1) is 11.8 Å². The fourth-order valence-electron chi connectivity index (χ4n) is 2.64. The lowest BCUT2D eigenvalue weighted by Crippen LogP contribution is -2.19. The average Bonchev–Trinajstić information content (AvgIpc) is 2.93. The van der Waals surface area contributed by atoms with Gasteiger partial charge in [0.25, 0.3) is 10.0 Å². The number of nitrogens with one attached hydrogen (secondary N) is 2. The van der Waals surface area contributed by atoms with Crippen LogP contribution in [0.5, 0.6) is 0 Å². The van der Waals surface area contributed by atoms with Gasteiger partial charge in [0.05, 0.1) is 10.6 Å². The second kappa shape index (κ2) is 6.49. The second-order valence-electron chi connectivity index (χ2n) is 5.81. The van der Waals surface area contributed by atoms with Crippen LogP contribution in [-0.4, -0.2) is 20.1 Å². The first-order valence-corrected chi connectivity index (χ1v) is 9.99. The number of hydrogen-bond donors (Lipinski definition) is 2. The average molecular weight is 362 g/mol. The van der Waals surface area contributed by atoms with E-state index in [0.717, 1.165) is 16.7 Å². The van der Waals surface area contributed by atoms with Crippen LogP contribution in [0.2, 0.25) is 0 Å². The molecule has 2 N–H and O–H groups in total. The van der Waals surface area contributed by atoms with Crippen molar-refractivity contribution in [1.29, 1.82) is 0 Å². The molecule has 1 aliphatic rings. The summed E-state index contributed by atoms with van der Waals surface area (Å²) in [5.74, 6) is 0.412. The SMILES string of the molecule is Cc1cc(C)cc(S(=O)(=O)Nc2cccc([C@@H]3NC(=O)CS3)c2)c1. The summed E-state index contributed by atoms with van der Waals surface area (Å²) in [6.45, 7) is 3.74. The summed E-state index contributed by atoms with van der Waals surface area (Å²) in [7, 11) is -3.65. The van der Waals surface area contributed by atoms with Gasteiger partial charge in [-0.1, -0.05) is 18.2 Å². The van der Waals surface area contributed by atoms with Gasteiger partial charge >= 0.3 is 0 Å². The number of amides is 1. The lowest BCUT2D eigenvalue weighted by atomic mass is 10.2. The van der Waals surface area contributed by atoms with Crippen LogP contribution in [0.3, 0.4) is 0 Å². The van der Waals surface area contributed by atoms with E-state index in [-0.39, 0.29) is 16.2 Å². The molecule has 0 spiro atoms. The van der Waals surface area contributed by atoms with Crippen molar-refractivity contribution in [3.05, 3.63) is 59.2 Å². The van der Waals surface area contributed by atoms with E-state index in [2.05, 4.69) is 10.0 Å². The minimum Gasteiger partial charge on any atom is -0.339 e. The van der Waals surface area contributed by atoms with Gasteiger partial charge in [-0.05, 0) is 54.8 Å². The van der Waals surface area contributed by atoms with Gasteiger partial charge in [0.1, 0.15) is 5.37 Å². The molecule has 1 heterocycles. The van der Waals surface area contributed by atoms with Crippen molar-refractivity contribution < 1.29 is 13.2 Å². The lowest BCUT2D eigenvalue weighted by molar-refractivity contribution is -0.118. The Morgan fingerprint density at radius 3 is 2.46 bits per heavy atom. The largest absolute Gasteiger partial charge is 0.339 e. The summed E-state index contributed by atoms with van der Waals surface area (Å²) in [5, 5.41) is 2.72. The molecule has 1 atom stereocenters. The van der Waals surface area contributed by atoms with E-state index in [9.17, 15) is 13.2 Å². The molecule has 1 aliphatic heterocycles.